The van der Waals surface area contributed by atoms with E-state index < -0.39 is 0 Å². The molecule has 0 spiro atoms. The van der Waals surface area contributed by atoms with Gasteiger partial charge in [-0.1, -0.05) is 11.6 Å². The molecule has 0 bridgehead atoms. The van der Waals surface area contributed by atoms with Gasteiger partial charge in [-0.2, -0.15) is 5.26 Å². The molecular formula is C11H8ClN5. The highest BCUT2D eigenvalue weighted by molar-refractivity contribution is 6.33. The van der Waals surface area contributed by atoms with E-state index in [2.05, 4.69) is 15.3 Å². The molecule has 5 nitrogen and oxygen atoms in total. The van der Waals surface area contributed by atoms with Gasteiger partial charge in [0.25, 0.3) is 0 Å². The van der Waals surface area contributed by atoms with Crippen molar-refractivity contribution in [3.05, 3.63) is 41.2 Å². The Labute approximate surface area is 103 Å². The number of aromatic nitrogens is 2. The van der Waals surface area contributed by atoms with E-state index >= 15 is 0 Å². The lowest BCUT2D eigenvalue weighted by atomic mass is 10.2. The molecule has 2 aromatic rings. The molecule has 0 saturated carbocycles. The maximum Gasteiger partial charge on any atom is 0.151 e. The largest absolute Gasteiger partial charge is 0.382 e. The van der Waals surface area contributed by atoms with Crippen molar-refractivity contribution in [2.45, 2.75) is 0 Å². The first-order valence-electron chi connectivity index (χ1n) is 4.73. The standard InChI is InChI=1S/C11H8ClN5/c12-8-2-1-7(4-13)3-9(8)16-11-6-15-5-10(14)17-11/h1-3,5-6H,(H3,14,16,17). The topological polar surface area (TPSA) is 87.6 Å². The molecule has 0 fully saturated rings. The van der Waals surface area contributed by atoms with Gasteiger partial charge in [0.2, 0.25) is 0 Å². The zero-order valence-electron chi connectivity index (χ0n) is 8.68. The highest BCUT2D eigenvalue weighted by atomic mass is 35.5. The average molecular weight is 246 g/mol. The quantitative estimate of drug-likeness (QED) is 0.848. The fourth-order valence-corrected chi connectivity index (χ4v) is 1.43. The maximum atomic E-state index is 8.79. The number of anilines is 3. The van der Waals surface area contributed by atoms with E-state index in [0.29, 0.717) is 27.9 Å². The summed E-state index contributed by atoms with van der Waals surface area (Å²) < 4.78 is 0. The van der Waals surface area contributed by atoms with Crippen molar-refractivity contribution in [1.29, 1.82) is 5.26 Å². The summed E-state index contributed by atoms with van der Waals surface area (Å²) in [5.74, 6) is 0.782. The number of nitrogen functional groups attached to an aromatic ring is 1. The molecule has 1 aromatic carbocycles. The first-order valence-corrected chi connectivity index (χ1v) is 5.11. The molecule has 2 rings (SSSR count). The maximum absolute atomic E-state index is 8.79. The van der Waals surface area contributed by atoms with Crippen LogP contribution in [0.4, 0.5) is 17.3 Å². The molecule has 84 valence electrons. The van der Waals surface area contributed by atoms with E-state index in [-0.39, 0.29) is 0 Å². The zero-order chi connectivity index (χ0) is 12.3. The van der Waals surface area contributed by atoms with Gasteiger partial charge in [0.1, 0.15) is 5.82 Å². The van der Waals surface area contributed by atoms with Crippen LogP contribution in [0.2, 0.25) is 5.02 Å². The predicted molar refractivity (Wildman–Crippen MR) is 65.9 cm³/mol. The molecule has 1 aromatic heterocycles. The Hall–Kier alpha value is -2.32. The van der Waals surface area contributed by atoms with E-state index in [1.807, 2.05) is 6.07 Å². The second-order valence-corrected chi connectivity index (χ2v) is 3.67. The van der Waals surface area contributed by atoms with Crippen molar-refractivity contribution in [1.82, 2.24) is 9.97 Å². The van der Waals surface area contributed by atoms with Crippen molar-refractivity contribution in [2.75, 3.05) is 11.1 Å². The smallest absolute Gasteiger partial charge is 0.151 e. The summed E-state index contributed by atoms with van der Waals surface area (Å²) in [6.45, 7) is 0. The molecule has 17 heavy (non-hydrogen) atoms. The van der Waals surface area contributed by atoms with Crippen LogP contribution in [0.1, 0.15) is 5.56 Å². The number of hydrogen-bond acceptors (Lipinski definition) is 5. The molecule has 3 N–H and O–H groups in total. The number of halogens is 1. The fraction of sp³-hybridized carbons (Fsp3) is 0. The lowest BCUT2D eigenvalue weighted by Gasteiger charge is -2.07. The Morgan fingerprint density at radius 3 is 2.88 bits per heavy atom. The minimum absolute atomic E-state index is 0.308. The van der Waals surface area contributed by atoms with Gasteiger partial charge in [-0.3, -0.25) is 4.98 Å². The normalized spacial score (nSPS) is 9.65. The molecule has 6 heteroatoms. The van der Waals surface area contributed by atoms with Gasteiger partial charge in [0.15, 0.2) is 5.82 Å². The third-order valence-corrected chi connectivity index (χ3v) is 2.34. The predicted octanol–water partition coefficient (Wildman–Crippen LogP) is 2.33. The molecule has 0 saturated heterocycles. The van der Waals surface area contributed by atoms with Gasteiger partial charge >= 0.3 is 0 Å². The van der Waals surface area contributed by atoms with Crippen molar-refractivity contribution in [3.8, 4) is 6.07 Å². The lowest BCUT2D eigenvalue weighted by Crippen LogP contribution is -1.98. The minimum Gasteiger partial charge on any atom is -0.382 e. The second kappa shape index (κ2) is 4.68. The molecule has 0 aliphatic rings. The molecule has 0 amide bonds. The average Bonchev–Trinajstić information content (AvgIpc) is 2.32. The number of nitrogens with two attached hydrogens (primary N) is 1. The summed E-state index contributed by atoms with van der Waals surface area (Å²) in [6, 6.07) is 6.94. The summed E-state index contributed by atoms with van der Waals surface area (Å²) in [4.78, 5) is 7.92. The number of rotatable bonds is 2. The molecule has 0 aliphatic heterocycles. The van der Waals surface area contributed by atoms with Gasteiger partial charge in [-0.25, -0.2) is 4.98 Å². The van der Waals surface area contributed by atoms with Crippen LogP contribution < -0.4 is 11.1 Å². The molecule has 0 aliphatic carbocycles. The molecule has 1 heterocycles. The van der Waals surface area contributed by atoms with Crippen LogP contribution in [-0.4, -0.2) is 9.97 Å². The fourth-order valence-electron chi connectivity index (χ4n) is 1.27. The number of nitrogens with zero attached hydrogens (tertiary/aromatic N) is 3. The van der Waals surface area contributed by atoms with Gasteiger partial charge < -0.3 is 11.1 Å². The Kier molecular flexibility index (Phi) is 3.08. The van der Waals surface area contributed by atoms with Crippen LogP contribution >= 0.6 is 11.6 Å². The molecular weight excluding hydrogens is 238 g/mol. The third-order valence-electron chi connectivity index (χ3n) is 2.01. The van der Waals surface area contributed by atoms with E-state index in [9.17, 15) is 0 Å². The van der Waals surface area contributed by atoms with Crippen LogP contribution in [-0.2, 0) is 0 Å². The first-order chi connectivity index (χ1) is 8.19. The Bertz CT molecular complexity index is 591. The van der Waals surface area contributed by atoms with E-state index in [1.165, 1.54) is 12.4 Å². The summed E-state index contributed by atoms with van der Waals surface area (Å²) in [5.41, 5.74) is 6.60. The van der Waals surface area contributed by atoms with E-state index in [4.69, 9.17) is 22.6 Å². The number of hydrogen-bond donors (Lipinski definition) is 2. The Morgan fingerprint density at radius 2 is 2.18 bits per heavy atom. The van der Waals surface area contributed by atoms with Gasteiger partial charge in [-0.05, 0) is 18.2 Å². The van der Waals surface area contributed by atoms with E-state index in [0.717, 1.165) is 0 Å². The summed E-state index contributed by atoms with van der Waals surface area (Å²) in [5, 5.41) is 12.2. The summed E-state index contributed by atoms with van der Waals surface area (Å²) in [6.07, 6.45) is 2.96. The number of nitrogens with one attached hydrogen (secondary N) is 1. The number of nitriles is 1. The second-order valence-electron chi connectivity index (χ2n) is 3.26. The van der Waals surface area contributed by atoms with Crippen LogP contribution in [0.15, 0.2) is 30.6 Å². The van der Waals surface area contributed by atoms with Gasteiger partial charge in [0.05, 0.1) is 34.7 Å². The van der Waals surface area contributed by atoms with Crippen molar-refractivity contribution >= 4 is 28.9 Å². The summed E-state index contributed by atoms with van der Waals surface area (Å²) >= 11 is 5.99. The van der Waals surface area contributed by atoms with Crippen LogP contribution in [0.5, 0.6) is 0 Å². The highest BCUT2D eigenvalue weighted by Crippen LogP contribution is 2.25. The SMILES string of the molecule is N#Cc1ccc(Cl)c(Nc2cncc(N)n2)c1. The monoisotopic (exact) mass is 245 g/mol. The van der Waals surface area contributed by atoms with E-state index in [1.54, 1.807) is 18.2 Å². The molecule has 0 unspecified atom stereocenters. The van der Waals surface area contributed by atoms with Crippen LogP contribution in [0, 0.1) is 11.3 Å². The Morgan fingerprint density at radius 1 is 1.35 bits per heavy atom. The van der Waals surface area contributed by atoms with Crippen molar-refractivity contribution in [3.63, 3.8) is 0 Å². The highest BCUT2D eigenvalue weighted by Gasteiger charge is 2.03. The Balaban J connectivity index is 2.33. The van der Waals surface area contributed by atoms with Gasteiger partial charge in [0, 0.05) is 0 Å². The zero-order valence-corrected chi connectivity index (χ0v) is 9.44. The first kappa shape index (κ1) is 11.2. The summed E-state index contributed by atoms with van der Waals surface area (Å²) in [7, 11) is 0. The van der Waals surface area contributed by atoms with Crippen molar-refractivity contribution < 1.29 is 0 Å². The lowest BCUT2D eigenvalue weighted by molar-refractivity contribution is 1.21. The van der Waals surface area contributed by atoms with Crippen LogP contribution in [0.25, 0.3) is 0 Å². The van der Waals surface area contributed by atoms with Crippen LogP contribution in [0.3, 0.4) is 0 Å². The number of benzene rings is 1. The van der Waals surface area contributed by atoms with Crippen molar-refractivity contribution in [2.24, 2.45) is 0 Å². The van der Waals surface area contributed by atoms with Gasteiger partial charge in [-0.15, -0.1) is 0 Å². The minimum atomic E-state index is 0.308. The third kappa shape index (κ3) is 2.62. The molecule has 0 atom stereocenters. The molecule has 0 radical (unpaired) electrons.